The highest BCUT2D eigenvalue weighted by molar-refractivity contribution is 6.09. The van der Waals surface area contributed by atoms with Gasteiger partial charge in [0.1, 0.15) is 0 Å². The molecule has 67 heavy (non-hydrogen) atoms. The highest BCUT2D eigenvalue weighted by atomic mass is 15.0. The van der Waals surface area contributed by atoms with Gasteiger partial charge in [-0.3, -0.25) is 0 Å². The van der Waals surface area contributed by atoms with E-state index in [4.69, 9.17) is 15.0 Å². The lowest BCUT2D eigenvalue weighted by Gasteiger charge is -2.12. The van der Waals surface area contributed by atoms with Crippen LogP contribution in [0.2, 0.25) is 0 Å². The second-order valence-corrected chi connectivity index (χ2v) is 16.9. The van der Waals surface area contributed by atoms with Crippen molar-refractivity contribution < 1.29 is 0 Å². The summed E-state index contributed by atoms with van der Waals surface area (Å²) in [6.45, 7) is 0. The standard InChI is InChI=1S/C63H42N4/c1-3-15-43(16-4-1)49-19-11-22-52(39-49)53-23-12-20-50(40-53)45-31-35-47(36-32-45)61-64-62(66-63(65-61)55-25-13-21-51(41-55)44-17-5-2-6-18-44)48-37-33-46(34-38-48)54-24-14-26-56(42-54)67-59-29-9-7-27-57(59)58-28-8-10-30-60(58)67/h1-42H. The van der Waals surface area contributed by atoms with E-state index in [9.17, 15) is 0 Å². The molecule has 314 valence electrons. The fourth-order valence-corrected chi connectivity index (χ4v) is 9.27. The highest BCUT2D eigenvalue weighted by Gasteiger charge is 2.16. The van der Waals surface area contributed by atoms with Crippen molar-refractivity contribution in [1.82, 2.24) is 19.5 Å². The number of para-hydroxylation sites is 2. The maximum Gasteiger partial charge on any atom is 0.164 e. The minimum atomic E-state index is 0.616. The summed E-state index contributed by atoms with van der Waals surface area (Å²) in [4.78, 5) is 15.4. The maximum atomic E-state index is 5.15. The zero-order valence-corrected chi connectivity index (χ0v) is 36.5. The number of hydrogen-bond acceptors (Lipinski definition) is 3. The average molecular weight is 855 g/mol. The van der Waals surface area contributed by atoms with Crippen LogP contribution in [0.15, 0.2) is 255 Å². The Kier molecular flexibility index (Phi) is 10.2. The van der Waals surface area contributed by atoms with E-state index in [0.29, 0.717) is 17.5 Å². The Morgan fingerprint density at radius 1 is 0.209 bits per heavy atom. The van der Waals surface area contributed by atoms with Gasteiger partial charge in [-0.1, -0.05) is 212 Å². The fourth-order valence-electron chi connectivity index (χ4n) is 9.27. The fraction of sp³-hybridized carbons (Fsp3) is 0. The van der Waals surface area contributed by atoms with Crippen LogP contribution in [0.5, 0.6) is 0 Å². The van der Waals surface area contributed by atoms with E-state index in [-0.39, 0.29) is 0 Å². The van der Waals surface area contributed by atoms with Gasteiger partial charge in [0.15, 0.2) is 17.5 Å². The molecule has 10 aromatic carbocycles. The van der Waals surface area contributed by atoms with Crippen molar-refractivity contribution in [3.63, 3.8) is 0 Å². The molecular formula is C63H42N4. The van der Waals surface area contributed by atoms with Crippen LogP contribution in [0.1, 0.15) is 0 Å². The Labute approximate surface area is 389 Å². The predicted molar refractivity (Wildman–Crippen MR) is 278 cm³/mol. The molecule has 0 amide bonds. The largest absolute Gasteiger partial charge is 0.309 e. The van der Waals surface area contributed by atoms with E-state index in [0.717, 1.165) is 55.8 Å². The Bertz CT molecular complexity index is 3670. The molecule has 0 saturated carbocycles. The predicted octanol–water partition coefficient (Wildman–Crippen LogP) is 16.3. The number of rotatable bonds is 9. The van der Waals surface area contributed by atoms with Gasteiger partial charge in [0.05, 0.1) is 11.0 Å². The monoisotopic (exact) mass is 854 g/mol. The molecular weight excluding hydrogens is 813 g/mol. The van der Waals surface area contributed by atoms with Crippen molar-refractivity contribution in [2.45, 2.75) is 0 Å². The zero-order valence-electron chi connectivity index (χ0n) is 36.5. The third-order valence-electron chi connectivity index (χ3n) is 12.7. The summed E-state index contributed by atoms with van der Waals surface area (Å²) in [5, 5.41) is 2.50. The smallest absolute Gasteiger partial charge is 0.164 e. The number of benzene rings is 10. The molecule has 2 aromatic heterocycles. The molecule has 0 aliphatic carbocycles. The van der Waals surface area contributed by atoms with Crippen LogP contribution in [-0.2, 0) is 0 Å². The summed E-state index contributed by atoms with van der Waals surface area (Å²) >= 11 is 0. The molecule has 0 spiro atoms. The van der Waals surface area contributed by atoms with Crippen molar-refractivity contribution in [3.05, 3.63) is 255 Å². The van der Waals surface area contributed by atoms with Crippen molar-refractivity contribution >= 4 is 21.8 Å². The molecule has 4 nitrogen and oxygen atoms in total. The second-order valence-electron chi connectivity index (χ2n) is 16.9. The topological polar surface area (TPSA) is 43.6 Å². The summed E-state index contributed by atoms with van der Waals surface area (Å²) in [6.07, 6.45) is 0. The number of hydrogen-bond donors (Lipinski definition) is 0. The lowest BCUT2D eigenvalue weighted by atomic mass is 9.96. The quantitative estimate of drug-likeness (QED) is 0.145. The first-order valence-electron chi connectivity index (χ1n) is 22.7. The van der Waals surface area contributed by atoms with E-state index >= 15 is 0 Å². The summed E-state index contributed by atoms with van der Waals surface area (Å²) in [5.74, 6) is 1.85. The highest BCUT2D eigenvalue weighted by Crippen LogP contribution is 2.36. The van der Waals surface area contributed by atoms with E-state index in [1.807, 2.05) is 6.07 Å². The van der Waals surface area contributed by atoms with Gasteiger partial charge in [0.2, 0.25) is 0 Å². The van der Waals surface area contributed by atoms with Gasteiger partial charge in [0.25, 0.3) is 0 Å². The zero-order chi connectivity index (χ0) is 44.5. The lowest BCUT2D eigenvalue weighted by Crippen LogP contribution is -2.00. The molecule has 0 aliphatic heterocycles. The van der Waals surface area contributed by atoms with Crippen LogP contribution in [-0.4, -0.2) is 19.5 Å². The van der Waals surface area contributed by atoms with Crippen LogP contribution in [0, 0.1) is 0 Å². The summed E-state index contributed by atoms with van der Waals surface area (Å²) in [7, 11) is 0. The summed E-state index contributed by atoms with van der Waals surface area (Å²) in [6, 6.07) is 90.1. The molecule has 0 bridgehead atoms. The first kappa shape index (κ1) is 39.6. The molecule has 0 fully saturated rings. The third kappa shape index (κ3) is 7.77. The molecule has 4 heteroatoms. The molecule has 0 aliphatic rings. The number of fused-ring (bicyclic) bond motifs is 3. The average Bonchev–Trinajstić information content (AvgIpc) is 3.76. The van der Waals surface area contributed by atoms with Crippen molar-refractivity contribution in [2.24, 2.45) is 0 Å². The minimum Gasteiger partial charge on any atom is -0.309 e. The van der Waals surface area contributed by atoms with E-state index in [2.05, 4.69) is 253 Å². The van der Waals surface area contributed by atoms with E-state index in [1.165, 1.54) is 44.1 Å². The SMILES string of the molecule is c1ccc(-c2cccc(-c3cccc(-c4ccc(-c5nc(-c6ccc(-c7cccc(-n8c9ccccc9c9ccccc98)c7)cc6)nc(-c6cccc(-c7ccccc7)c6)n5)cc4)c3)c2)cc1. The van der Waals surface area contributed by atoms with Gasteiger partial charge in [-0.15, -0.1) is 0 Å². The van der Waals surface area contributed by atoms with Crippen molar-refractivity contribution in [2.75, 3.05) is 0 Å². The minimum absolute atomic E-state index is 0.616. The van der Waals surface area contributed by atoms with Gasteiger partial charge in [-0.05, 0) is 98.1 Å². The molecule has 0 saturated heterocycles. The van der Waals surface area contributed by atoms with Crippen LogP contribution >= 0.6 is 0 Å². The Morgan fingerprint density at radius 2 is 0.507 bits per heavy atom. The van der Waals surface area contributed by atoms with E-state index < -0.39 is 0 Å². The Balaban J connectivity index is 0.891. The summed E-state index contributed by atoms with van der Waals surface area (Å²) in [5.41, 5.74) is 17.8. The van der Waals surface area contributed by atoms with Crippen LogP contribution in [0.3, 0.4) is 0 Å². The maximum absolute atomic E-state index is 5.15. The molecule has 12 aromatic rings. The molecule has 12 rings (SSSR count). The van der Waals surface area contributed by atoms with Crippen LogP contribution in [0.25, 0.3) is 117 Å². The van der Waals surface area contributed by atoms with Crippen molar-refractivity contribution in [1.29, 1.82) is 0 Å². The lowest BCUT2D eigenvalue weighted by molar-refractivity contribution is 1.07. The first-order chi connectivity index (χ1) is 33.2. The summed E-state index contributed by atoms with van der Waals surface area (Å²) < 4.78 is 2.36. The van der Waals surface area contributed by atoms with Gasteiger partial charge >= 0.3 is 0 Å². The van der Waals surface area contributed by atoms with Crippen LogP contribution in [0.4, 0.5) is 0 Å². The van der Waals surface area contributed by atoms with Gasteiger partial charge in [0, 0.05) is 33.2 Å². The van der Waals surface area contributed by atoms with Crippen molar-refractivity contribution in [3.8, 4) is 95.5 Å². The first-order valence-corrected chi connectivity index (χ1v) is 22.7. The third-order valence-corrected chi connectivity index (χ3v) is 12.7. The molecule has 0 unspecified atom stereocenters. The molecule has 2 heterocycles. The number of nitrogens with zero attached hydrogens (tertiary/aromatic N) is 4. The molecule has 0 atom stereocenters. The number of aromatic nitrogens is 4. The van der Waals surface area contributed by atoms with Gasteiger partial charge in [-0.2, -0.15) is 0 Å². The normalized spacial score (nSPS) is 11.3. The Hall–Kier alpha value is -8.99. The molecule has 0 N–H and O–H groups in total. The van der Waals surface area contributed by atoms with Gasteiger partial charge < -0.3 is 4.57 Å². The van der Waals surface area contributed by atoms with Crippen LogP contribution < -0.4 is 0 Å². The Morgan fingerprint density at radius 3 is 0.970 bits per heavy atom. The molecule has 0 radical (unpaired) electrons. The van der Waals surface area contributed by atoms with Gasteiger partial charge in [-0.25, -0.2) is 15.0 Å². The van der Waals surface area contributed by atoms with E-state index in [1.54, 1.807) is 0 Å². The second kappa shape index (κ2) is 17.2.